The molecule has 10 heteroatoms. The van der Waals surface area contributed by atoms with Crippen LogP contribution in [0.1, 0.15) is 37.3 Å². The molecule has 224 valence electrons. The fraction of sp³-hybridized carbons (Fsp3) is 0.303. The van der Waals surface area contributed by atoms with E-state index in [0.717, 1.165) is 33.5 Å². The van der Waals surface area contributed by atoms with Crippen molar-refractivity contribution in [1.82, 2.24) is 4.90 Å². The fourth-order valence-electron chi connectivity index (χ4n) is 4.96. The van der Waals surface area contributed by atoms with Gasteiger partial charge in [-0.15, -0.1) is 0 Å². The number of piperidine rings is 1. The predicted octanol–water partition coefficient (Wildman–Crippen LogP) is 7.24. The van der Waals surface area contributed by atoms with Crippen molar-refractivity contribution in [1.29, 1.82) is 0 Å². The molecule has 0 spiro atoms. The van der Waals surface area contributed by atoms with Crippen LogP contribution < -0.4 is 19.7 Å². The first-order valence-corrected chi connectivity index (χ1v) is 16.3. The molecule has 5 rings (SSSR count). The number of nitrogens with one attached hydrogen (secondary N) is 1. The Morgan fingerprint density at radius 1 is 1.07 bits per heavy atom. The maximum Gasteiger partial charge on any atom is 0.266 e. The average Bonchev–Trinajstić information content (AvgIpc) is 3.31. The first-order chi connectivity index (χ1) is 20.8. The van der Waals surface area contributed by atoms with Gasteiger partial charge in [-0.25, -0.2) is 4.99 Å². The monoisotopic (exact) mass is 710 g/mol. The molecular formula is C33H35IN4O4S. The third kappa shape index (κ3) is 7.72. The van der Waals surface area contributed by atoms with Crippen molar-refractivity contribution in [3.63, 3.8) is 0 Å². The molecular weight excluding hydrogens is 675 g/mol. The summed E-state index contributed by atoms with van der Waals surface area (Å²) in [5.74, 6) is 0.597. The van der Waals surface area contributed by atoms with Crippen molar-refractivity contribution < 1.29 is 19.1 Å². The van der Waals surface area contributed by atoms with Gasteiger partial charge >= 0.3 is 0 Å². The molecule has 8 nitrogen and oxygen atoms in total. The van der Waals surface area contributed by atoms with Gasteiger partial charge < -0.3 is 19.7 Å². The summed E-state index contributed by atoms with van der Waals surface area (Å²) in [7, 11) is 1.55. The summed E-state index contributed by atoms with van der Waals surface area (Å²) in [4.78, 5) is 35.3. The van der Waals surface area contributed by atoms with Crippen molar-refractivity contribution >= 4 is 74.5 Å². The largest absolute Gasteiger partial charge is 0.493 e. The van der Waals surface area contributed by atoms with Crippen LogP contribution >= 0.6 is 34.4 Å². The van der Waals surface area contributed by atoms with Gasteiger partial charge in [0.1, 0.15) is 0 Å². The van der Waals surface area contributed by atoms with Gasteiger partial charge in [-0.3, -0.25) is 14.5 Å². The maximum absolute atomic E-state index is 13.3. The van der Waals surface area contributed by atoms with Gasteiger partial charge in [0.05, 0.1) is 21.3 Å². The highest BCUT2D eigenvalue weighted by Gasteiger charge is 2.32. The van der Waals surface area contributed by atoms with E-state index in [1.54, 1.807) is 18.1 Å². The summed E-state index contributed by atoms with van der Waals surface area (Å²) in [5, 5.41) is 3.49. The predicted molar refractivity (Wildman–Crippen MR) is 184 cm³/mol. The molecule has 1 N–H and O–H groups in total. The standard InChI is InChI=1S/C33H35IN4O4S/c1-4-38-32(40)29(43-33(38)36-25-12-14-26(15-13-25)37-16-6-5-7-17-37)20-23-18-27(34)31(28(19-23)41-3)42-21-30(39)35-24-10-8-22(2)9-11-24/h8-15,18-20H,4-7,16-17,21H2,1-3H3,(H,35,39)/b29-20-,36-33?. The van der Waals surface area contributed by atoms with Gasteiger partial charge in [-0.2, -0.15) is 0 Å². The van der Waals surface area contributed by atoms with Crippen LogP contribution in [-0.2, 0) is 9.59 Å². The number of thioether (sulfide) groups is 1. The number of nitrogens with zero attached hydrogens (tertiary/aromatic N) is 3. The smallest absolute Gasteiger partial charge is 0.266 e. The average molecular weight is 711 g/mol. The Kier molecular flexibility index (Phi) is 10.3. The van der Waals surface area contributed by atoms with Crippen LogP contribution in [-0.4, -0.2) is 55.2 Å². The zero-order chi connectivity index (χ0) is 30.3. The van der Waals surface area contributed by atoms with E-state index in [9.17, 15) is 9.59 Å². The topological polar surface area (TPSA) is 83.5 Å². The van der Waals surface area contributed by atoms with Crippen molar-refractivity contribution in [3.05, 3.63) is 80.3 Å². The lowest BCUT2D eigenvalue weighted by Crippen LogP contribution is -2.29. The van der Waals surface area contributed by atoms with Gasteiger partial charge in [0.25, 0.3) is 11.8 Å². The van der Waals surface area contributed by atoms with Crippen molar-refractivity contribution in [2.24, 2.45) is 4.99 Å². The van der Waals surface area contributed by atoms with E-state index in [1.807, 2.05) is 62.4 Å². The summed E-state index contributed by atoms with van der Waals surface area (Å²) in [6, 6.07) is 19.5. The van der Waals surface area contributed by atoms with Crippen LogP contribution in [0.15, 0.2) is 70.6 Å². The molecule has 2 heterocycles. The minimum absolute atomic E-state index is 0.0849. The molecule has 0 atom stereocenters. The zero-order valence-corrected chi connectivity index (χ0v) is 27.5. The van der Waals surface area contributed by atoms with Crippen LogP contribution in [0.25, 0.3) is 6.08 Å². The maximum atomic E-state index is 13.3. The number of halogens is 1. The van der Waals surface area contributed by atoms with E-state index in [1.165, 1.54) is 36.7 Å². The lowest BCUT2D eigenvalue weighted by molar-refractivity contribution is -0.122. The normalized spacial score (nSPS) is 17.1. The molecule has 3 aromatic carbocycles. The zero-order valence-electron chi connectivity index (χ0n) is 24.6. The van der Waals surface area contributed by atoms with Crippen molar-refractivity contribution in [2.75, 3.05) is 43.6 Å². The lowest BCUT2D eigenvalue weighted by Gasteiger charge is -2.28. The molecule has 0 unspecified atom stereocenters. The molecule has 2 saturated heterocycles. The molecule has 0 radical (unpaired) electrons. The number of ether oxygens (including phenoxy) is 2. The van der Waals surface area contributed by atoms with Crippen LogP contribution in [0.3, 0.4) is 0 Å². The molecule has 3 aromatic rings. The minimum Gasteiger partial charge on any atom is -0.493 e. The number of carbonyl (C=O) groups excluding carboxylic acids is 2. The van der Waals surface area contributed by atoms with Crippen LogP contribution in [0.4, 0.5) is 17.1 Å². The summed E-state index contributed by atoms with van der Waals surface area (Å²) in [6.07, 6.45) is 5.61. The van der Waals surface area contributed by atoms with Crippen LogP contribution in [0.2, 0.25) is 0 Å². The Labute approximate surface area is 270 Å². The number of benzene rings is 3. The highest BCUT2D eigenvalue weighted by Crippen LogP contribution is 2.38. The molecule has 2 amide bonds. The van der Waals surface area contributed by atoms with E-state index < -0.39 is 0 Å². The Morgan fingerprint density at radius 2 is 1.79 bits per heavy atom. The first kappa shape index (κ1) is 30.9. The molecule has 0 saturated carbocycles. The Hall–Kier alpha value is -3.51. The van der Waals surface area contributed by atoms with Gasteiger partial charge in [0.15, 0.2) is 23.3 Å². The number of carbonyl (C=O) groups is 2. The van der Waals surface area contributed by atoms with E-state index in [-0.39, 0.29) is 18.4 Å². The number of amidine groups is 1. The first-order valence-electron chi connectivity index (χ1n) is 14.4. The van der Waals surface area contributed by atoms with Crippen LogP contribution in [0, 0.1) is 10.5 Å². The molecule has 0 bridgehead atoms. The molecule has 43 heavy (non-hydrogen) atoms. The lowest BCUT2D eigenvalue weighted by atomic mass is 10.1. The summed E-state index contributed by atoms with van der Waals surface area (Å²) in [6.45, 7) is 6.48. The number of methoxy groups -OCH3 is 1. The number of hydrogen-bond donors (Lipinski definition) is 1. The summed E-state index contributed by atoms with van der Waals surface area (Å²) in [5.41, 5.74) is 4.65. The molecule has 2 aliphatic rings. The highest BCUT2D eigenvalue weighted by molar-refractivity contribution is 14.1. The van der Waals surface area contributed by atoms with E-state index in [2.05, 4.69) is 44.9 Å². The Bertz CT molecular complexity index is 1530. The number of amides is 2. The Balaban J connectivity index is 1.29. The van der Waals surface area contributed by atoms with E-state index in [0.29, 0.717) is 33.8 Å². The van der Waals surface area contributed by atoms with Gasteiger partial charge in [-0.05, 0) is 128 Å². The molecule has 2 fully saturated rings. The van der Waals surface area contributed by atoms with Gasteiger partial charge in [-0.1, -0.05) is 17.7 Å². The highest BCUT2D eigenvalue weighted by atomic mass is 127. The van der Waals surface area contributed by atoms with E-state index in [4.69, 9.17) is 14.5 Å². The number of rotatable bonds is 9. The number of aliphatic imine (C=N–C) groups is 1. The molecule has 0 aromatic heterocycles. The number of hydrogen-bond acceptors (Lipinski definition) is 7. The quantitative estimate of drug-likeness (QED) is 0.186. The molecule has 2 aliphatic heterocycles. The number of likely N-dealkylation sites (N-methyl/N-ethyl adjacent to an activating group) is 1. The van der Waals surface area contributed by atoms with Gasteiger partial charge in [0, 0.05) is 31.0 Å². The minimum atomic E-state index is -0.270. The SMILES string of the molecule is CCN1C(=O)/C(=C/c2cc(I)c(OCC(=O)Nc3ccc(C)cc3)c(OC)c2)SC1=Nc1ccc(N2CCCCC2)cc1. The second kappa shape index (κ2) is 14.3. The second-order valence-electron chi connectivity index (χ2n) is 10.4. The summed E-state index contributed by atoms with van der Waals surface area (Å²) < 4.78 is 12.2. The number of anilines is 2. The van der Waals surface area contributed by atoms with E-state index >= 15 is 0 Å². The Morgan fingerprint density at radius 3 is 2.47 bits per heavy atom. The summed E-state index contributed by atoms with van der Waals surface area (Å²) >= 11 is 3.52. The third-order valence-corrected chi connectivity index (χ3v) is 9.04. The third-order valence-electron chi connectivity index (χ3n) is 7.23. The molecule has 0 aliphatic carbocycles. The number of aryl methyl sites for hydroxylation is 1. The van der Waals surface area contributed by atoms with Crippen molar-refractivity contribution in [3.8, 4) is 11.5 Å². The fourth-order valence-corrected chi connectivity index (χ4v) is 6.80. The van der Waals surface area contributed by atoms with Crippen LogP contribution in [0.5, 0.6) is 11.5 Å². The van der Waals surface area contributed by atoms with Crippen molar-refractivity contribution in [2.45, 2.75) is 33.1 Å². The van der Waals surface area contributed by atoms with Gasteiger partial charge in [0.2, 0.25) is 0 Å². The second-order valence-corrected chi connectivity index (χ2v) is 12.5.